The standard InChI is InChI=1S/C17H24N2O5/c1-16(2,3)24-15(22)19-12-6-5-10(20)9-11(12)17(7-8-17)13(18)14(21)23-4/h5-6,9,13,20H,7-8,18H2,1-4H3,(H,19,22). The number of aromatic hydroxyl groups is 1. The highest BCUT2D eigenvalue weighted by Gasteiger charge is 2.54. The molecular formula is C17H24N2O5. The number of anilines is 1. The Labute approximate surface area is 141 Å². The van der Waals surface area contributed by atoms with Crippen LogP contribution in [-0.4, -0.2) is 35.9 Å². The van der Waals surface area contributed by atoms with Crippen molar-refractivity contribution in [2.24, 2.45) is 5.73 Å². The molecule has 1 amide bonds. The van der Waals surface area contributed by atoms with Gasteiger partial charge in [-0.2, -0.15) is 0 Å². The van der Waals surface area contributed by atoms with Crippen LogP contribution < -0.4 is 11.1 Å². The van der Waals surface area contributed by atoms with Gasteiger partial charge in [-0.1, -0.05) is 0 Å². The van der Waals surface area contributed by atoms with E-state index in [4.69, 9.17) is 15.2 Å². The molecule has 0 aliphatic heterocycles. The summed E-state index contributed by atoms with van der Waals surface area (Å²) in [7, 11) is 1.28. The number of benzene rings is 1. The van der Waals surface area contributed by atoms with Crippen molar-refractivity contribution in [3.8, 4) is 5.75 Å². The van der Waals surface area contributed by atoms with Gasteiger partial charge in [0.1, 0.15) is 17.4 Å². The maximum Gasteiger partial charge on any atom is 0.412 e. The van der Waals surface area contributed by atoms with Gasteiger partial charge in [0.15, 0.2) is 0 Å². The number of carbonyl (C=O) groups is 2. The number of rotatable bonds is 4. The lowest BCUT2D eigenvalue weighted by molar-refractivity contribution is -0.143. The SMILES string of the molecule is COC(=O)C(N)C1(c2cc(O)ccc2NC(=O)OC(C)(C)C)CC1. The topological polar surface area (TPSA) is 111 Å². The number of hydrogen-bond donors (Lipinski definition) is 3. The molecule has 1 aliphatic carbocycles. The molecule has 1 saturated carbocycles. The lowest BCUT2D eigenvalue weighted by atomic mass is 9.87. The molecular weight excluding hydrogens is 312 g/mol. The zero-order chi connectivity index (χ0) is 18.1. The zero-order valence-electron chi connectivity index (χ0n) is 14.4. The van der Waals surface area contributed by atoms with Crippen LogP contribution in [0.15, 0.2) is 18.2 Å². The fourth-order valence-corrected chi connectivity index (χ4v) is 2.70. The lowest BCUT2D eigenvalue weighted by Gasteiger charge is -2.25. The van der Waals surface area contributed by atoms with Crippen molar-refractivity contribution in [3.05, 3.63) is 23.8 Å². The number of ether oxygens (including phenoxy) is 2. The van der Waals surface area contributed by atoms with E-state index in [2.05, 4.69) is 5.32 Å². The molecule has 0 aromatic heterocycles. The van der Waals surface area contributed by atoms with Crippen LogP contribution in [0.25, 0.3) is 0 Å². The molecule has 7 heteroatoms. The number of amides is 1. The summed E-state index contributed by atoms with van der Waals surface area (Å²) < 4.78 is 9.99. The van der Waals surface area contributed by atoms with Gasteiger partial charge in [0, 0.05) is 11.1 Å². The summed E-state index contributed by atoms with van der Waals surface area (Å²) >= 11 is 0. The molecule has 1 atom stereocenters. The monoisotopic (exact) mass is 336 g/mol. The van der Waals surface area contributed by atoms with Gasteiger partial charge in [0.05, 0.1) is 7.11 Å². The van der Waals surface area contributed by atoms with Crippen LogP contribution in [0, 0.1) is 0 Å². The second-order valence-corrected chi connectivity index (χ2v) is 7.01. The number of hydrogen-bond acceptors (Lipinski definition) is 6. The van der Waals surface area contributed by atoms with Gasteiger partial charge in [0.25, 0.3) is 0 Å². The maximum absolute atomic E-state index is 12.1. The molecule has 1 aromatic rings. The molecule has 0 radical (unpaired) electrons. The first-order valence-corrected chi connectivity index (χ1v) is 7.76. The fourth-order valence-electron chi connectivity index (χ4n) is 2.70. The van der Waals surface area contributed by atoms with Crippen LogP contribution in [0.2, 0.25) is 0 Å². The maximum atomic E-state index is 12.1. The quantitative estimate of drug-likeness (QED) is 0.574. The summed E-state index contributed by atoms with van der Waals surface area (Å²) in [4.78, 5) is 23.9. The Bertz CT molecular complexity index is 647. The van der Waals surface area contributed by atoms with Gasteiger partial charge in [0.2, 0.25) is 0 Å². The predicted octanol–water partition coefficient (Wildman–Crippen LogP) is 2.27. The predicted molar refractivity (Wildman–Crippen MR) is 88.9 cm³/mol. The van der Waals surface area contributed by atoms with E-state index in [1.54, 1.807) is 26.8 Å². The van der Waals surface area contributed by atoms with Gasteiger partial charge in [-0.25, -0.2) is 4.79 Å². The minimum atomic E-state index is -0.872. The normalized spacial score (nSPS) is 16.9. The van der Waals surface area contributed by atoms with E-state index in [0.717, 1.165) is 0 Å². The number of phenolic OH excluding ortho intramolecular Hbond substituents is 1. The van der Waals surface area contributed by atoms with Crippen molar-refractivity contribution in [2.75, 3.05) is 12.4 Å². The highest BCUT2D eigenvalue weighted by molar-refractivity contribution is 5.88. The summed E-state index contributed by atoms with van der Waals surface area (Å²) in [6.45, 7) is 5.29. The van der Waals surface area contributed by atoms with Crippen LogP contribution in [0.5, 0.6) is 5.75 Å². The van der Waals surface area contributed by atoms with Crippen molar-refractivity contribution >= 4 is 17.7 Å². The van der Waals surface area contributed by atoms with Crippen LogP contribution in [0.3, 0.4) is 0 Å². The third kappa shape index (κ3) is 3.79. The number of carbonyl (C=O) groups excluding carboxylic acids is 2. The molecule has 0 heterocycles. The smallest absolute Gasteiger partial charge is 0.412 e. The Kier molecular flexibility index (Phi) is 4.75. The average molecular weight is 336 g/mol. The summed E-state index contributed by atoms with van der Waals surface area (Å²) in [5.41, 5.74) is 5.82. The molecule has 132 valence electrons. The van der Waals surface area contributed by atoms with Gasteiger partial charge >= 0.3 is 12.1 Å². The number of nitrogens with one attached hydrogen (secondary N) is 1. The van der Waals surface area contributed by atoms with Crippen LogP contribution in [0.1, 0.15) is 39.2 Å². The van der Waals surface area contributed by atoms with E-state index in [1.807, 2.05) is 0 Å². The van der Waals surface area contributed by atoms with E-state index >= 15 is 0 Å². The van der Waals surface area contributed by atoms with Gasteiger partial charge < -0.3 is 20.3 Å². The Hall–Kier alpha value is -2.28. The summed E-state index contributed by atoms with van der Waals surface area (Å²) in [5, 5.41) is 12.5. The number of nitrogens with two attached hydrogens (primary N) is 1. The average Bonchev–Trinajstić information content (AvgIpc) is 3.27. The zero-order valence-corrected chi connectivity index (χ0v) is 14.4. The second kappa shape index (κ2) is 6.32. The van der Waals surface area contributed by atoms with Crippen molar-refractivity contribution in [2.45, 2.75) is 50.7 Å². The second-order valence-electron chi connectivity index (χ2n) is 7.01. The van der Waals surface area contributed by atoms with Crippen LogP contribution >= 0.6 is 0 Å². The molecule has 1 unspecified atom stereocenters. The molecule has 0 saturated heterocycles. The molecule has 7 nitrogen and oxygen atoms in total. The van der Waals surface area contributed by atoms with Crippen LogP contribution in [-0.2, 0) is 19.7 Å². The van der Waals surface area contributed by atoms with Crippen molar-refractivity contribution in [1.29, 1.82) is 0 Å². The van der Waals surface area contributed by atoms with E-state index in [-0.39, 0.29) is 5.75 Å². The Morgan fingerprint density at radius 2 is 1.96 bits per heavy atom. The minimum absolute atomic E-state index is 0.0306. The highest BCUT2D eigenvalue weighted by Crippen LogP contribution is 2.53. The first kappa shape index (κ1) is 18.1. The first-order chi connectivity index (χ1) is 11.1. The lowest BCUT2D eigenvalue weighted by Crippen LogP contribution is -2.43. The minimum Gasteiger partial charge on any atom is -0.508 e. The molecule has 4 N–H and O–H groups in total. The highest BCUT2D eigenvalue weighted by atomic mass is 16.6. The van der Waals surface area contributed by atoms with Crippen molar-refractivity contribution < 1.29 is 24.2 Å². The molecule has 24 heavy (non-hydrogen) atoms. The molecule has 2 rings (SSSR count). The largest absolute Gasteiger partial charge is 0.508 e. The molecule has 1 aliphatic rings. The Balaban J connectivity index is 2.32. The summed E-state index contributed by atoms with van der Waals surface area (Å²) in [6.07, 6.45) is 0.711. The van der Waals surface area contributed by atoms with E-state index < -0.39 is 29.1 Å². The van der Waals surface area contributed by atoms with Gasteiger partial charge in [-0.3, -0.25) is 10.1 Å². The Morgan fingerprint density at radius 1 is 1.33 bits per heavy atom. The van der Waals surface area contributed by atoms with Crippen LogP contribution in [0.4, 0.5) is 10.5 Å². The van der Waals surface area contributed by atoms with E-state index in [0.29, 0.717) is 24.1 Å². The van der Waals surface area contributed by atoms with E-state index in [9.17, 15) is 14.7 Å². The molecule has 1 aromatic carbocycles. The summed E-state index contributed by atoms with van der Waals surface area (Å²) in [5.74, 6) is -0.498. The van der Waals surface area contributed by atoms with Crippen molar-refractivity contribution in [1.82, 2.24) is 0 Å². The summed E-state index contributed by atoms with van der Waals surface area (Å²) in [6, 6.07) is 3.67. The number of esters is 1. The fraction of sp³-hybridized carbons (Fsp3) is 0.529. The molecule has 0 bridgehead atoms. The third-order valence-corrected chi connectivity index (χ3v) is 4.01. The Morgan fingerprint density at radius 3 is 2.46 bits per heavy atom. The van der Waals surface area contributed by atoms with Crippen molar-refractivity contribution in [3.63, 3.8) is 0 Å². The number of methoxy groups -OCH3 is 1. The van der Waals surface area contributed by atoms with E-state index in [1.165, 1.54) is 19.2 Å². The first-order valence-electron chi connectivity index (χ1n) is 7.76. The number of phenols is 1. The third-order valence-electron chi connectivity index (χ3n) is 4.01. The van der Waals surface area contributed by atoms with Gasteiger partial charge in [-0.05, 0) is 57.4 Å². The molecule has 1 fully saturated rings. The molecule has 0 spiro atoms. The van der Waals surface area contributed by atoms with Gasteiger partial charge in [-0.15, -0.1) is 0 Å².